The zero-order valence-electron chi connectivity index (χ0n) is 45.1. The van der Waals surface area contributed by atoms with E-state index in [1.54, 1.807) is 0 Å². The molecule has 1 aliphatic rings. The number of allylic oxidation sites excluding steroid dienone is 22. The Hall–Kier alpha value is -3.67. The zero-order valence-corrected chi connectivity index (χ0v) is 45.1. The molecule has 0 saturated carbocycles. The van der Waals surface area contributed by atoms with E-state index in [-0.39, 0.29) is 12.5 Å². The minimum atomic E-state index is -1.56. The summed E-state index contributed by atoms with van der Waals surface area (Å²) in [7, 11) is 0. The number of rotatable bonds is 46. The normalized spacial score (nSPS) is 20.2. The number of carbonyl (C=O) groups excluding carboxylic acids is 1. The van der Waals surface area contributed by atoms with Gasteiger partial charge in [0.05, 0.1) is 25.4 Å². The van der Waals surface area contributed by atoms with Crippen molar-refractivity contribution < 1.29 is 39.8 Å². The fraction of sp³-hybridized carbons (Fsp3) is 0.635. The Bertz CT molecular complexity index is 1580. The minimum absolute atomic E-state index is 0.151. The van der Waals surface area contributed by atoms with Crippen molar-refractivity contribution in [3.8, 4) is 0 Å². The van der Waals surface area contributed by atoms with Gasteiger partial charge in [-0.2, -0.15) is 0 Å². The van der Waals surface area contributed by atoms with Gasteiger partial charge in [-0.25, -0.2) is 0 Å². The number of aliphatic hydroxyl groups is 5. The molecule has 1 saturated heterocycles. The summed E-state index contributed by atoms with van der Waals surface area (Å²) in [6.07, 6.45) is 70.8. The molecule has 0 aromatic rings. The minimum Gasteiger partial charge on any atom is -0.394 e. The summed E-state index contributed by atoms with van der Waals surface area (Å²) in [6, 6.07) is -0.731. The summed E-state index contributed by atoms with van der Waals surface area (Å²) < 4.78 is 11.2. The van der Waals surface area contributed by atoms with Gasteiger partial charge in [0.25, 0.3) is 0 Å². The van der Waals surface area contributed by atoms with Crippen LogP contribution < -0.4 is 5.32 Å². The van der Waals surface area contributed by atoms with Crippen molar-refractivity contribution >= 4 is 5.91 Å². The van der Waals surface area contributed by atoms with Gasteiger partial charge in [-0.1, -0.05) is 231 Å². The highest BCUT2D eigenvalue weighted by atomic mass is 16.7. The van der Waals surface area contributed by atoms with Crippen LogP contribution in [0.3, 0.4) is 0 Å². The number of aliphatic hydroxyl groups excluding tert-OH is 5. The molecule has 1 heterocycles. The lowest BCUT2D eigenvalue weighted by atomic mass is 9.99. The average Bonchev–Trinajstić information content (AvgIpc) is 3.38. The van der Waals surface area contributed by atoms with E-state index in [9.17, 15) is 30.3 Å². The molecule has 1 aliphatic heterocycles. The van der Waals surface area contributed by atoms with Gasteiger partial charge in [0.15, 0.2) is 6.29 Å². The Morgan fingerprint density at radius 3 is 1.28 bits per heavy atom. The monoisotopic (exact) mass is 1000 g/mol. The fourth-order valence-electron chi connectivity index (χ4n) is 8.05. The molecule has 0 bridgehead atoms. The first-order chi connectivity index (χ1) is 35.3. The van der Waals surface area contributed by atoms with Gasteiger partial charge in [-0.15, -0.1) is 0 Å². The average molecular weight is 1000 g/mol. The predicted molar refractivity (Wildman–Crippen MR) is 303 cm³/mol. The number of carbonyl (C=O) groups is 1. The molecule has 9 nitrogen and oxygen atoms in total. The molecule has 7 atom stereocenters. The molecule has 0 spiro atoms. The summed E-state index contributed by atoms with van der Waals surface area (Å²) in [4.78, 5) is 13.0. The third-order valence-electron chi connectivity index (χ3n) is 12.5. The van der Waals surface area contributed by atoms with Gasteiger partial charge in [-0.05, 0) is 96.3 Å². The number of amides is 1. The Morgan fingerprint density at radius 1 is 0.486 bits per heavy atom. The molecule has 1 rings (SSSR count). The molecule has 408 valence electrons. The van der Waals surface area contributed by atoms with Crippen LogP contribution in [0.25, 0.3) is 0 Å². The van der Waals surface area contributed by atoms with Gasteiger partial charge < -0.3 is 40.3 Å². The van der Waals surface area contributed by atoms with Crippen LogP contribution in [0.15, 0.2) is 134 Å². The number of hydrogen-bond donors (Lipinski definition) is 6. The molecule has 1 amide bonds. The Morgan fingerprint density at radius 2 is 0.861 bits per heavy atom. The second kappa shape index (κ2) is 50.8. The third kappa shape index (κ3) is 39.8. The van der Waals surface area contributed by atoms with Crippen molar-refractivity contribution in [3.63, 3.8) is 0 Å². The number of ether oxygens (including phenoxy) is 2. The second-order valence-corrected chi connectivity index (χ2v) is 19.0. The largest absolute Gasteiger partial charge is 0.394 e. The molecular formula is C63H103NO8. The van der Waals surface area contributed by atoms with Crippen molar-refractivity contribution in [1.29, 1.82) is 0 Å². The van der Waals surface area contributed by atoms with E-state index < -0.39 is 49.5 Å². The van der Waals surface area contributed by atoms with E-state index in [0.717, 1.165) is 122 Å². The van der Waals surface area contributed by atoms with E-state index in [0.29, 0.717) is 12.8 Å². The lowest BCUT2D eigenvalue weighted by Gasteiger charge is -2.40. The number of unbranched alkanes of at least 4 members (excludes halogenated alkanes) is 14. The Balaban J connectivity index is 2.11. The summed E-state index contributed by atoms with van der Waals surface area (Å²) in [6.45, 7) is 3.65. The first kappa shape index (κ1) is 66.3. The summed E-state index contributed by atoms with van der Waals surface area (Å²) in [5.41, 5.74) is 0. The molecule has 72 heavy (non-hydrogen) atoms. The van der Waals surface area contributed by atoms with Gasteiger partial charge in [0.2, 0.25) is 5.91 Å². The van der Waals surface area contributed by atoms with Crippen LogP contribution in [0.5, 0.6) is 0 Å². The molecule has 0 aliphatic carbocycles. The summed E-state index contributed by atoms with van der Waals surface area (Å²) in [5, 5.41) is 54.3. The maximum atomic E-state index is 13.0. The van der Waals surface area contributed by atoms with E-state index >= 15 is 0 Å². The van der Waals surface area contributed by atoms with Crippen LogP contribution in [0.2, 0.25) is 0 Å². The molecule has 0 radical (unpaired) electrons. The standard InChI is InChI=1S/C63H103NO8/c1-3-5-7-9-11-13-14-15-16-17-18-19-20-21-22-23-24-25-26-27-28-29-30-31-32-33-34-35-36-37-38-39-40-41-42-43-44-45-47-49-51-53-59(67)64-56(57(66)52-50-48-46-12-10-8-6-4-2)55-71-63-62(70)61(69)60(68)58(54-65)72-63/h5,7,11,13,15-16,18-19,21-22,24-25,27-28,30-31,33-34,36-37,39-40,56-58,60-63,65-66,68-70H,3-4,6,8-10,12,14,17,20,23,26,29,32,35,38,41-55H2,1-2H3,(H,64,67)/b7-5-,13-11-,16-15-,19-18-,22-21-,25-24-,28-27-,31-30-,34-33-,37-36-,40-39-. The first-order valence-electron chi connectivity index (χ1n) is 28.4. The quantitative estimate of drug-likeness (QED) is 0.0261. The first-order valence-corrected chi connectivity index (χ1v) is 28.4. The van der Waals surface area contributed by atoms with Crippen molar-refractivity contribution in [1.82, 2.24) is 5.32 Å². The van der Waals surface area contributed by atoms with Gasteiger partial charge >= 0.3 is 0 Å². The number of hydrogen-bond acceptors (Lipinski definition) is 8. The van der Waals surface area contributed by atoms with Crippen molar-refractivity contribution in [3.05, 3.63) is 134 Å². The molecule has 6 N–H and O–H groups in total. The van der Waals surface area contributed by atoms with Crippen LogP contribution >= 0.6 is 0 Å². The van der Waals surface area contributed by atoms with Crippen LogP contribution in [-0.4, -0.2) is 87.5 Å². The topological polar surface area (TPSA) is 149 Å². The summed E-state index contributed by atoms with van der Waals surface area (Å²) in [5.74, 6) is -0.165. The maximum Gasteiger partial charge on any atom is 0.220 e. The molecule has 0 aromatic heterocycles. The smallest absolute Gasteiger partial charge is 0.220 e. The molecule has 1 fully saturated rings. The van der Waals surface area contributed by atoms with Crippen LogP contribution in [0.1, 0.15) is 200 Å². The van der Waals surface area contributed by atoms with Crippen molar-refractivity contribution in [2.24, 2.45) is 0 Å². The van der Waals surface area contributed by atoms with E-state index in [1.807, 2.05) is 0 Å². The molecule has 7 unspecified atom stereocenters. The van der Waals surface area contributed by atoms with Crippen molar-refractivity contribution in [2.75, 3.05) is 13.2 Å². The van der Waals surface area contributed by atoms with E-state index in [2.05, 4.69) is 153 Å². The lowest BCUT2D eigenvalue weighted by Crippen LogP contribution is -2.60. The highest BCUT2D eigenvalue weighted by molar-refractivity contribution is 5.76. The second-order valence-electron chi connectivity index (χ2n) is 19.0. The van der Waals surface area contributed by atoms with Gasteiger partial charge in [0, 0.05) is 6.42 Å². The Labute approximate surface area is 439 Å². The number of nitrogens with one attached hydrogen (secondary N) is 1. The molecule has 9 heteroatoms. The highest BCUT2D eigenvalue weighted by Gasteiger charge is 2.44. The van der Waals surface area contributed by atoms with Crippen molar-refractivity contribution in [2.45, 2.75) is 243 Å². The van der Waals surface area contributed by atoms with E-state index in [4.69, 9.17) is 9.47 Å². The highest BCUT2D eigenvalue weighted by Crippen LogP contribution is 2.23. The van der Waals surface area contributed by atoms with Crippen LogP contribution in [0.4, 0.5) is 0 Å². The lowest BCUT2D eigenvalue weighted by molar-refractivity contribution is -0.302. The van der Waals surface area contributed by atoms with E-state index in [1.165, 1.54) is 51.4 Å². The molecular weight excluding hydrogens is 899 g/mol. The van der Waals surface area contributed by atoms with Gasteiger partial charge in [0.1, 0.15) is 24.4 Å². The maximum absolute atomic E-state index is 13.0. The third-order valence-corrected chi connectivity index (χ3v) is 12.5. The zero-order chi connectivity index (χ0) is 52.2. The van der Waals surface area contributed by atoms with Crippen LogP contribution in [-0.2, 0) is 14.3 Å². The SMILES string of the molecule is CC/C=C\C/C=C\C/C=C\C/C=C\C/C=C\C/C=C\C/C=C\C/C=C\C/C=C\C/C=C\C/C=C\CCCCCCCCCC(=O)NC(COC1OC(CO)C(O)C(O)C1O)C(O)CCCCCCCCCC. The Kier molecular flexibility index (Phi) is 46.9. The molecule has 0 aromatic carbocycles. The summed E-state index contributed by atoms with van der Waals surface area (Å²) >= 11 is 0. The van der Waals surface area contributed by atoms with Crippen LogP contribution in [0, 0.1) is 0 Å². The fourth-order valence-corrected chi connectivity index (χ4v) is 8.05. The predicted octanol–water partition coefficient (Wildman–Crippen LogP) is 14.1. The van der Waals surface area contributed by atoms with Gasteiger partial charge in [-0.3, -0.25) is 4.79 Å².